The maximum atomic E-state index is 12.5. The van der Waals surface area contributed by atoms with Crippen LogP contribution in [0, 0.1) is 0 Å². The number of amides is 2. The second-order valence-electron chi connectivity index (χ2n) is 6.11. The van der Waals surface area contributed by atoms with Gasteiger partial charge in [0.1, 0.15) is 17.2 Å². The summed E-state index contributed by atoms with van der Waals surface area (Å²) >= 11 is 0. The number of nitrogens with zero attached hydrogens (tertiary/aromatic N) is 1. The van der Waals surface area contributed by atoms with E-state index in [1.807, 2.05) is 24.3 Å². The van der Waals surface area contributed by atoms with Gasteiger partial charge in [-0.15, -0.1) is 0 Å². The third-order valence-electron chi connectivity index (χ3n) is 4.21. The van der Waals surface area contributed by atoms with Gasteiger partial charge in [-0.2, -0.15) is 0 Å². The summed E-state index contributed by atoms with van der Waals surface area (Å²) < 4.78 is 10.4. The van der Waals surface area contributed by atoms with Crippen LogP contribution in [0.4, 0.5) is 5.69 Å². The number of para-hydroxylation sites is 1. The van der Waals surface area contributed by atoms with Gasteiger partial charge in [0, 0.05) is 35.6 Å². The molecule has 148 valence electrons. The van der Waals surface area contributed by atoms with E-state index in [1.54, 1.807) is 44.6 Å². The minimum absolute atomic E-state index is 0.151. The number of ether oxygens (including phenoxy) is 2. The fraction of sp³-hybridized carbons (Fsp3) is 0.136. The molecule has 0 saturated heterocycles. The summed E-state index contributed by atoms with van der Waals surface area (Å²) in [5.74, 6) is 0.590. The Bertz CT molecular complexity index is 1020. The Labute approximate surface area is 168 Å². The van der Waals surface area contributed by atoms with Crippen LogP contribution < -0.4 is 20.1 Å². The molecular weight excluding hydrogens is 370 g/mol. The SMILES string of the molecule is COc1cccc(NC(=O)c2ccnc(C(=O)NCc3ccccc3OC)c2)c1. The molecule has 0 saturated carbocycles. The highest BCUT2D eigenvalue weighted by Gasteiger charge is 2.13. The van der Waals surface area contributed by atoms with Gasteiger partial charge in [-0.05, 0) is 30.3 Å². The van der Waals surface area contributed by atoms with Crippen molar-refractivity contribution in [3.8, 4) is 11.5 Å². The normalized spacial score (nSPS) is 10.1. The number of aromatic nitrogens is 1. The number of hydrogen-bond donors (Lipinski definition) is 2. The second kappa shape index (κ2) is 9.36. The van der Waals surface area contributed by atoms with Gasteiger partial charge < -0.3 is 20.1 Å². The zero-order valence-corrected chi connectivity index (χ0v) is 16.1. The number of carbonyl (C=O) groups excluding carboxylic acids is 2. The Morgan fingerprint density at radius 2 is 1.76 bits per heavy atom. The molecule has 3 aromatic rings. The van der Waals surface area contributed by atoms with Crippen molar-refractivity contribution >= 4 is 17.5 Å². The molecule has 3 rings (SSSR count). The largest absolute Gasteiger partial charge is 0.497 e. The maximum Gasteiger partial charge on any atom is 0.270 e. The van der Waals surface area contributed by atoms with E-state index in [2.05, 4.69) is 15.6 Å². The molecule has 2 amide bonds. The van der Waals surface area contributed by atoms with Crippen LogP contribution >= 0.6 is 0 Å². The lowest BCUT2D eigenvalue weighted by Gasteiger charge is -2.10. The molecule has 7 heteroatoms. The molecule has 0 unspecified atom stereocenters. The predicted octanol–water partition coefficient (Wildman–Crippen LogP) is 3.28. The van der Waals surface area contributed by atoms with Crippen molar-refractivity contribution in [2.24, 2.45) is 0 Å². The summed E-state index contributed by atoms with van der Waals surface area (Å²) in [6.07, 6.45) is 1.43. The molecule has 2 N–H and O–H groups in total. The zero-order chi connectivity index (χ0) is 20.6. The van der Waals surface area contributed by atoms with Gasteiger partial charge in [-0.25, -0.2) is 0 Å². The van der Waals surface area contributed by atoms with Crippen molar-refractivity contribution in [1.82, 2.24) is 10.3 Å². The summed E-state index contributed by atoms with van der Waals surface area (Å²) in [7, 11) is 3.13. The fourth-order valence-corrected chi connectivity index (χ4v) is 2.72. The number of hydrogen-bond acceptors (Lipinski definition) is 5. The minimum Gasteiger partial charge on any atom is -0.497 e. The first-order valence-corrected chi connectivity index (χ1v) is 8.92. The van der Waals surface area contributed by atoms with Crippen LogP contribution in [0.25, 0.3) is 0 Å². The fourth-order valence-electron chi connectivity index (χ4n) is 2.72. The Hall–Kier alpha value is -3.87. The number of pyridine rings is 1. The third kappa shape index (κ3) is 5.10. The molecule has 0 fully saturated rings. The van der Waals surface area contributed by atoms with Gasteiger partial charge in [0.25, 0.3) is 11.8 Å². The zero-order valence-electron chi connectivity index (χ0n) is 16.1. The number of rotatable bonds is 7. The van der Waals surface area contributed by atoms with Gasteiger partial charge >= 0.3 is 0 Å². The maximum absolute atomic E-state index is 12.5. The number of benzene rings is 2. The van der Waals surface area contributed by atoms with E-state index in [9.17, 15) is 9.59 Å². The van der Waals surface area contributed by atoms with E-state index in [1.165, 1.54) is 12.3 Å². The molecule has 0 aliphatic heterocycles. The van der Waals surface area contributed by atoms with E-state index < -0.39 is 0 Å². The predicted molar refractivity (Wildman–Crippen MR) is 109 cm³/mol. The number of anilines is 1. The molecule has 29 heavy (non-hydrogen) atoms. The molecule has 0 radical (unpaired) electrons. The number of methoxy groups -OCH3 is 2. The van der Waals surface area contributed by atoms with Crippen molar-refractivity contribution in [1.29, 1.82) is 0 Å². The lowest BCUT2D eigenvalue weighted by atomic mass is 10.2. The average molecular weight is 391 g/mol. The van der Waals surface area contributed by atoms with Crippen LogP contribution in [0.2, 0.25) is 0 Å². The topological polar surface area (TPSA) is 89.5 Å². The summed E-state index contributed by atoms with van der Waals surface area (Å²) in [6.45, 7) is 0.283. The van der Waals surface area contributed by atoms with Crippen LogP contribution in [-0.2, 0) is 6.54 Å². The summed E-state index contributed by atoms with van der Waals surface area (Å²) in [4.78, 5) is 29.1. The van der Waals surface area contributed by atoms with Crippen molar-refractivity contribution in [2.45, 2.75) is 6.54 Å². The van der Waals surface area contributed by atoms with Gasteiger partial charge in [0.05, 0.1) is 14.2 Å². The van der Waals surface area contributed by atoms with E-state index in [0.29, 0.717) is 22.7 Å². The summed E-state index contributed by atoms with van der Waals surface area (Å²) in [5.41, 5.74) is 1.91. The average Bonchev–Trinajstić information content (AvgIpc) is 2.77. The lowest BCUT2D eigenvalue weighted by molar-refractivity contribution is 0.0945. The Kier molecular flexibility index (Phi) is 6.42. The molecule has 0 aliphatic carbocycles. The quantitative estimate of drug-likeness (QED) is 0.645. The number of carbonyl (C=O) groups is 2. The Morgan fingerprint density at radius 3 is 2.55 bits per heavy atom. The Morgan fingerprint density at radius 1 is 0.931 bits per heavy atom. The molecule has 7 nitrogen and oxygen atoms in total. The number of nitrogens with one attached hydrogen (secondary N) is 2. The van der Waals surface area contributed by atoms with Crippen molar-refractivity contribution in [3.05, 3.63) is 83.7 Å². The molecule has 2 aromatic carbocycles. The standard InChI is InChI=1S/C22H21N3O4/c1-28-18-8-5-7-17(13-18)25-21(26)15-10-11-23-19(12-15)22(27)24-14-16-6-3-4-9-20(16)29-2/h3-13H,14H2,1-2H3,(H,24,27)(H,25,26). The van der Waals surface area contributed by atoms with Gasteiger partial charge in [-0.1, -0.05) is 24.3 Å². The van der Waals surface area contributed by atoms with Gasteiger partial charge in [-0.3, -0.25) is 14.6 Å². The highest BCUT2D eigenvalue weighted by molar-refractivity contribution is 6.05. The molecule has 0 spiro atoms. The van der Waals surface area contributed by atoms with Crippen molar-refractivity contribution < 1.29 is 19.1 Å². The van der Waals surface area contributed by atoms with E-state index in [0.717, 1.165) is 5.56 Å². The lowest BCUT2D eigenvalue weighted by Crippen LogP contribution is -2.24. The van der Waals surface area contributed by atoms with Crippen LogP contribution in [0.5, 0.6) is 11.5 Å². The Balaban J connectivity index is 1.68. The molecular formula is C22H21N3O4. The monoisotopic (exact) mass is 391 g/mol. The summed E-state index contributed by atoms with van der Waals surface area (Å²) in [5, 5.41) is 5.57. The highest BCUT2D eigenvalue weighted by atomic mass is 16.5. The van der Waals surface area contributed by atoms with E-state index >= 15 is 0 Å². The smallest absolute Gasteiger partial charge is 0.270 e. The molecule has 1 heterocycles. The highest BCUT2D eigenvalue weighted by Crippen LogP contribution is 2.18. The first kappa shape index (κ1) is 19.9. The van der Waals surface area contributed by atoms with Gasteiger partial charge in [0.2, 0.25) is 0 Å². The van der Waals surface area contributed by atoms with Crippen LogP contribution in [-0.4, -0.2) is 31.0 Å². The van der Waals surface area contributed by atoms with Crippen molar-refractivity contribution in [2.75, 3.05) is 19.5 Å². The van der Waals surface area contributed by atoms with Crippen LogP contribution in [0.15, 0.2) is 66.9 Å². The summed E-state index contributed by atoms with van der Waals surface area (Å²) in [6, 6.07) is 17.4. The molecule has 0 atom stereocenters. The van der Waals surface area contributed by atoms with Crippen molar-refractivity contribution in [3.63, 3.8) is 0 Å². The first-order valence-electron chi connectivity index (χ1n) is 8.92. The first-order chi connectivity index (χ1) is 14.1. The van der Waals surface area contributed by atoms with Crippen LogP contribution in [0.1, 0.15) is 26.4 Å². The second-order valence-corrected chi connectivity index (χ2v) is 6.11. The van der Waals surface area contributed by atoms with E-state index in [-0.39, 0.29) is 24.1 Å². The molecule has 0 aliphatic rings. The third-order valence-corrected chi connectivity index (χ3v) is 4.21. The molecule has 1 aromatic heterocycles. The minimum atomic E-state index is -0.382. The van der Waals surface area contributed by atoms with E-state index in [4.69, 9.17) is 9.47 Å². The van der Waals surface area contributed by atoms with Gasteiger partial charge in [0.15, 0.2) is 0 Å². The van der Waals surface area contributed by atoms with Crippen LogP contribution in [0.3, 0.4) is 0 Å². The molecule has 0 bridgehead atoms.